The Labute approximate surface area is 112 Å². The van der Waals surface area contributed by atoms with Gasteiger partial charge in [0.15, 0.2) is 0 Å². The van der Waals surface area contributed by atoms with Crippen LogP contribution in [0.1, 0.15) is 0 Å². The number of methoxy groups -OCH3 is 1. The van der Waals surface area contributed by atoms with Gasteiger partial charge in [0.2, 0.25) is 0 Å². The summed E-state index contributed by atoms with van der Waals surface area (Å²) in [5, 5.41) is 11.5. The summed E-state index contributed by atoms with van der Waals surface area (Å²) in [4.78, 5) is 12.7. The van der Waals surface area contributed by atoms with Gasteiger partial charge < -0.3 is 9.84 Å². The molecule has 2 heterocycles. The van der Waals surface area contributed by atoms with Crippen LogP contribution in [0.2, 0.25) is 0 Å². The van der Waals surface area contributed by atoms with Gasteiger partial charge >= 0.3 is 10.5 Å². The molecule has 3 rings (SSSR count). The summed E-state index contributed by atoms with van der Waals surface area (Å²) in [6.07, 6.45) is 1.72. The second-order valence-electron chi connectivity index (χ2n) is 3.93. The van der Waals surface area contributed by atoms with E-state index < -0.39 is 0 Å². The van der Waals surface area contributed by atoms with Crippen LogP contribution < -0.4 is 14.7 Å². The minimum absolute atomic E-state index is 0.0639. The van der Waals surface area contributed by atoms with Crippen LogP contribution >= 0.6 is 11.3 Å². The van der Waals surface area contributed by atoms with Crippen LogP contribution in [0.25, 0.3) is 10.6 Å². The maximum Gasteiger partial charge on any atom is 0.356 e. The molecule has 0 radical (unpaired) electrons. The Morgan fingerprint density at radius 2 is 2.05 bits per heavy atom. The van der Waals surface area contributed by atoms with E-state index in [2.05, 4.69) is 0 Å². The molecule has 1 aromatic carbocycles. The van der Waals surface area contributed by atoms with Gasteiger partial charge in [-0.2, -0.15) is 4.40 Å². The zero-order valence-corrected chi connectivity index (χ0v) is 10.9. The normalized spacial score (nSPS) is 10.8. The van der Waals surface area contributed by atoms with E-state index in [1.807, 2.05) is 5.38 Å². The molecule has 0 amide bonds. The number of aromatic hydroxyl groups is 1. The van der Waals surface area contributed by atoms with E-state index >= 15 is 0 Å². The summed E-state index contributed by atoms with van der Waals surface area (Å²) < 4.78 is 8.21. The van der Waals surface area contributed by atoms with Crippen LogP contribution in [0.4, 0.5) is 0 Å². The monoisotopic (exact) mass is 275 g/mol. The van der Waals surface area contributed by atoms with E-state index in [4.69, 9.17) is 4.74 Å². The zero-order chi connectivity index (χ0) is 13.4. The Morgan fingerprint density at radius 1 is 1.32 bits per heavy atom. The lowest BCUT2D eigenvalue weighted by Crippen LogP contribution is -2.30. The SMILES string of the molecule is COc1ccc(-n2c(=O)cc(O)[n+]3ccsc23)cc1. The highest BCUT2D eigenvalue weighted by Crippen LogP contribution is 2.17. The van der Waals surface area contributed by atoms with E-state index in [1.165, 1.54) is 17.4 Å². The van der Waals surface area contributed by atoms with E-state index in [0.717, 1.165) is 11.4 Å². The Balaban J connectivity index is 2.29. The molecule has 0 saturated carbocycles. The van der Waals surface area contributed by atoms with Crippen molar-refractivity contribution in [2.45, 2.75) is 0 Å². The van der Waals surface area contributed by atoms with Crippen LogP contribution in [0, 0.1) is 0 Å². The maximum atomic E-state index is 12.1. The highest BCUT2D eigenvalue weighted by molar-refractivity contribution is 7.14. The highest BCUT2D eigenvalue weighted by Gasteiger charge is 2.19. The number of rotatable bonds is 2. The van der Waals surface area contributed by atoms with Gasteiger partial charge in [-0.25, -0.2) is 4.79 Å². The molecule has 0 fully saturated rings. The number of nitrogens with zero attached hydrogens (tertiary/aromatic N) is 2. The van der Waals surface area contributed by atoms with Crippen molar-refractivity contribution in [2.75, 3.05) is 7.11 Å². The number of hydrogen-bond acceptors (Lipinski definition) is 4. The first-order valence-electron chi connectivity index (χ1n) is 5.59. The Kier molecular flexibility index (Phi) is 2.72. The van der Waals surface area contributed by atoms with Crippen LogP contribution in [0.15, 0.2) is 46.7 Å². The number of benzene rings is 1. The molecule has 0 atom stereocenters. The average molecular weight is 275 g/mol. The molecule has 0 aliphatic heterocycles. The second-order valence-corrected chi connectivity index (χ2v) is 4.80. The lowest BCUT2D eigenvalue weighted by atomic mass is 10.3. The number of fused-ring (bicyclic) bond motifs is 1. The van der Waals surface area contributed by atoms with Crippen LogP contribution in [-0.4, -0.2) is 16.8 Å². The molecular formula is C13H11N2O3S+. The fourth-order valence-corrected chi connectivity index (χ4v) is 2.79. The van der Waals surface area contributed by atoms with Gasteiger partial charge in [0.05, 0.1) is 7.11 Å². The topological polar surface area (TPSA) is 55.6 Å². The average Bonchev–Trinajstić information content (AvgIpc) is 2.89. The van der Waals surface area contributed by atoms with Gasteiger partial charge in [-0.3, -0.25) is 0 Å². The van der Waals surface area contributed by atoms with E-state index in [9.17, 15) is 9.90 Å². The fourth-order valence-electron chi connectivity index (χ4n) is 1.92. The van der Waals surface area contributed by atoms with Crippen molar-refractivity contribution in [3.63, 3.8) is 0 Å². The first kappa shape index (κ1) is 11.7. The third-order valence-corrected chi connectivity index (χ3v) is 3.68. The van der Waals surface area contributed by atoms with Crippen molar-refractivity contribution < 1.29 is 14.2 Å². The van der Waals surface area contributed by atoms with E-state index in [-0.39, 0.29) is 11.4 Å². The minimum Gasteiger partial charge on any atom is -0.497 e. The number of ether oxygens (including phenoxy) is 1. The molecule has 2 aromatic heterocycles. The minimum atomic E-state index is -0.273. The summed E-state index contributed by atoms with van der Waals surface area (Å²) in [7, 11) is 1.59. The molecule has 0 spiro atoms. The predicted octanol–water partition coefficient (Wildman–Crippen LogP) is 1.35. The lowest BCUT2D eigenvalue weighted by Gasteiger charge is -2.02. The van der Waals surface area contributed by atoms with Crippen molar-refractivity contribution in [3.05, 3.63) is 52.3 Å². The molecule has 0 bridgehead atoms. The molecule has 0 aliphatic carbocycles. The third kappa shape index (κ3) is 1.86. The van der Waals surface area contributed by atoms with Gasteiger partial charge in [-0.1, -0.05) is 11.3 Å². The van der Waals surface area contributed by atoms with Crippen molar-refractivity contribution in [1.82, 2.24) is 4.57 Å². The van der Waals surface area contributed by atoms with Crippen LogP contribution in [0.3, 0.4) is 0 Å². The van der Waals surface area contributed by atoms with Gasteiger partial charge in [0, 0.05) is 5.38 Å². The number of thiazole rings is 1. The smallest absolute Gasteiger partial charge is 0.356 e. The van der Waals surface area contributed by atoms with Crippen molar-refractivity contribution in [1.29, 1.82) is 0 Å². The van der Waals surface area contributed by atoms with Crippen LogP contribution in [-0.2, 0) is 0 Å². The molecule has 0 unspecified atom stereocenters. The summed E-state index contributed by atoms with van der Waals surface area (Å²) in [5.74, 6) is 0.664. The number of aromatic nitrogens is 2. The lowest BCUT2D eigenvalue weighted by molar-refractivity contribution is -0.521. The zero-order valence-electron chi connectivity index (χ0n) is 10.1. The van der Waals surface area contributed by atoms with Gasteiger partial charge in [0.25, 0.3) is 5.88 Å². The summed E-state index contributed by atoms with van der Waals surface area (Å²) in [5.41, 5.74) is 0.455. The third-order valence-electron chi connectivity index (χ3n) is 2.83. The molecule has 19 heavy (non-hydrogen) atoms. The molecular weight excluding hydrogens is 264 g/mol. The molecule has 96 valence electrons. The van der Waals surface area contributed by atoms with Crippen molar-refractivity contribution >= 4 is 16.3 Å². The molecule has 6 heteroatoms. The summed E-state index contributed by atoms with van der Waals surface area (Å²) >= 11 is 1.38. The molecule has 0 saturated heterocycles. The fraction of sp³-hybridized carbons (Fsp3) is 0.0769. The highest BCUT2D eigenvalue weighted by atomic mass is 32.1. The Morgan fingerprint density at radius 3 is 2.74 bits per heavy atom. The van der Waals surface area contributed by atoms with Crippen molar-refractivity contribution in [2.24, 2.45) is 0 Å². The molecule has 3 aromatic rings. The second kappa shape index (κ2) is 4.40. The van der Waals surface area contributed by atoms with Crippen molar-refractivity contribution in [3.8, 4) is 17.3 Å². The Bertz CT molecular complexity index is 790. The standard InChI is InChI=1S/C13H10N2O3S/c1-18-10-4-2-9(3-5-10)15-12(17)8-11(16)14-6-7-19-13(14)15/h2-8H,1H3/p+1. The maximum absolute atomic E-state index is 12.1. The van der Waals surface area contributed by atoms with Gasteiger partial charge in [0.1, 0.15) is 23.7 Å². The molecule has 5 nitrogen and oxygen atoms in total. The van der Waals surface area contributed by atoms with Gasteiger partial charge in [-0.15, -0.1) is 4.57 Å². The number of hydrogen-bond donors (Lipinski definition) is 1. The molecule has 1 N–H and O–H groups in total. The summed E-state index contributed by atoms with van der Waals surface area (Å²) in [6.45, 7) is 0. The van der Waals surface area contributed by atoms with Gasteiger partial charge in [-0.05, 0) is 24.3 Å². The first-order chi connectivity index (χ1) is 9.20. The predicted molar refractivity (Wildman–Crippen MR) is 71.3 cm³/mol. The Hall–Kier alpha value is -2.34. The van der Waals surface area contributed by atoms with Crippen LogP contribution in [0.5, 0.6) is 11.6 Å². The quantitative estimate of drug-likeness (QED) is 0.718. The van der Waals surface area contributed by atoms with E-state index in [1.54, 1.807) is 46.5 Å². The van der Waals surface area contributed by atoms with E-state index in [0.29, 0.717) is 4.96 Å². The molecule has 0 aliphatic rings. The summed E-state index contributed by atoms with van der Waals surface area (Å²) in [6, 6.07) is 8.38. The first-order valence-corrected chi connectivity index (χ1v) is 6.47. The largest absolute Gasteiger partial charge is 0.497 e.